The largest absolute Gasteiger partial charge is 0.491 e. The molecule has 0 radical (unpaired) electrons. The number of unbranched alkanes of at least 4 members (excludes halogenated alkanes) is 1. The Hall–Kier alpha value is -2.21. The first-order valence-corrected chi connectivity index (χ1v) is 10.1. The minimum atomic E-state index is -3.64. The number of ether oxygens (including phenoxy) is 1. The molecule has 2 aromatic rings. The van der Waals surface area contributed by atoms with Crippen LogP contribution in [0.4, 0.5) is 11.4 Å². The molecule has 0 saturated heterocycles. The lowest BCUT2D eigenvalue weighted by Gasteiger charge is -2.30. The van der Waals surface area contributed by atoms with Crippen LogP contribution in [-0.2, 0) is 16.4 Å². The minimum Gasteiger partial charge on any atom is -0.491 e. The molecule has 0 bridgehead atoms. The number of nitrogens with two attached hydrogens (primary N) is 1. The average molecular weight is 360 g/mol. The molecule has 3 rings (SSSR count). The van der Waals surface area contributed by atoms with E-state index in [1.807, 2.05) is 24.3 Å². The summed E-state index contributed by atoms with van der Waals surface area (Å²) in [6, 6.07) is 12.4. The maximum Gasteiger partial charge on any atom is 0.264 e. The number of hydrogen-bond acceptors (Lipinski definition) is 4. The fraction of sp³-hybridized carbons (Fsp3) is 0.368. The Balaban J connectivity index is 1.90. The maximum atomic E-state index is 13.1. The standard InChI is InChI=1S/C19H24N2O3S/c1-2-3-13-24-19-11-10-16(14-17(19)20)25(22,23)21-12-6-8-15-7-4-5-9-18(15)21/h4-5,7,9-11,14H,2-3,6,8,12-13,20H2,1H3. The molecule has 0 amide bonds. The number of rotatable bonds is 6. The van der Waals surface area contributed by atoms with Crippen LogP contribution in [0.2, 0.25) is 0 Å². The molecule has 0 aliphatic carbocycles. The van der Waals surface area contributed by atoms with Crippen molar-refractivity contribution in [2.24, 2.45) is 0 Å². The zero-order chi connectivity index (χ0) is 17.9. The van der Waals surface area contributed by atoms with Crippen molar-refractivity contribution in [1.82, 2.24) is 0 Å². The lowest BCUT2D eigenvalue weighted by atomic mass is 10.0. The van der Waals surface area contributed by atoms with Crippen LogP contribution in [0.3, 0.4) is 0 Å². The van der Waals surface area contributed by atoms with Gasteiger partial charge in [0.25, 0.3) is 10.0 Å². The van der Waals surface area contributed by atoms with E-state index in [0.29, 0.717) is 24.6 Å². The summed E-state index contributed by atoms with van der Waals surface area (Å²) in [6.45, 7) is 3.14. The van der Waals surface area contributed by atoms with E-state index in [1.165, 1.54) is 10.4 Å². The van der Waals surface area contributed by atoms with E-state index >= 15 is 0 Å². The highest BCUT2D eigenvalue weighted by Gasteiger charge is 2.29. The molecule has 134 valence electrons. The molecule has 1 heterocycles. The van der Waals surface area contributed by atoms with Crippen LogP contribution in [0.5, 0.6) is 5.75 Å². The minimum absolute atomic E-state index is 0.199. The Morgan fingerprint density at radius 3 is 2.76 bits per heavy atom. The summed E-state index contributed by atoms with van der Waals surface area (Å²) < 4.78 is 33.3. The van der Waals surface area contributed by atoms with Crippen LogP contribution in [0, 0.1) is 0 Å². The smallest absolute Gasteiger partial charge is 0.264 e. The average Bonchev–Trinajstić information content (AvgIpc) is 2.62. The molecule has 0 saturated carbocycles. The molecule has 6 heteroatoms. The van der Waals surface area contributed by atoms with Gasteiger partial charge in [0.15, 0.2) is 0 Å². The number of nitrogen functional groups attached to an aromatic ring is 1. The Kier molecular flexibility index (Phi) is 5.18. The predicted octanol–water partition coefficient (Wildman–Crippen LogP) is 3.59. The lowest BCUT2D eigenvalue weighted by Crippen LogP contribution is -2.35. The second-order valence-corrected chi connectivity index (χ2v) is 8.07. The van der Waals surface area contributed by atoms with Gasteiger partial charge in [-0.25, -0.2) is 8.42 Å². The van der Waals surface area contributed by atoms with Crippen LogP contribution < -0.4 is 14.8 Å². The molecule has 1 aliphatic rings. The molecule has 2 aromatic carbocycles. The van der Waals surface area contributed by atoms with Crippen molar-refractivity contribution in [3.05, 3.63) is 48.0 Å². The van der Waals surface area contributed by atoms with Gasteiger partial charge in [0.1, 0.15) is 5.75 Å². The zero-order valence-corrected chi connectivity index (χ0v) is 15.3. The van der Waals surface area contributed by atoms with Gasteiger partial charge in [-0.1, -0.05) is 31.5 Å². The summed E-state index contributed by atoms with van der Waals surface area (Å²) in [5.74, 6) is 0.534. The maximum absolute atomic E-state index is 13.1. The second-order valence-electron chi connectivity index (χ2n) is 6.21. The van der Waals surface area contributed by atoms with Gasteiger partial charge in [0.2, 0.25) is 0 Å². The highest BCUT2D eigenvalue weighted by Crippen LogP contribution is 2.33. The van der Waals surface area contributed by atoms with Gasteiger partial charge in [-0.3, -0.25) is 4.31 Å². The van der Waals surface area contributed by atoms with Crippen LogP contribution in [0.15, 0.2) is 47.4 Å². The highest BCUT2D eigenvalue weighted by atomic mass is 32.2. The predicted molar refractivity (Wildman–Crippen MR) is 101 cm³/mol. The Bertz CT molecular complexity index is 849. The van der Waals surface area contributed by atoms with Crippen LogP contribution in [0.25, 0.3) is 0 Å². The van der Waals surface area contributed by atoms with E-state index in [0.717, 1.165) is 36.9 Å². The zero-order valence-electron chi connectivity index (χ0n) is 14.4. The van der Waals surface area contributed by atoms with Gasteiger partial charge in [-0.05, 0) is 49.1 Å². The third-order valence-corrected chi connectivity index (χ3v) is 6.20. The third kappa shape index (κ3) is 3.58. The first-order chi connectivity index (χ1) is 12.0. The van der Waals surface area contributed by atoms with E-state index < -0.39 is 10.0 Å². The second kappa shape index (κ2) is 7.35. The fourth-order valence-corrected chi connectivity index (χ4v) is 4.60. The van der Waals surface area contributed by atoms with Gasteiger partial charge < -0.3 is 10.5 Å². The molecule has 2 N–H and O–H groups in total. The summed E-state index contributed by atoms with van der Waals surface area (Å²) in [5.41, 5.74) is 8.19. The van der Waals surface area contributed by atoms with Crippen LogP contribution in [-0.4, -0.2) is 21.6 Å². The normalized spacial score (nSPS) is 14.2. The molecule has 1 aliphatic heterocycles. The van der Waals surface area contributed by atoms with Crippen molar-refractivity contribution in [3.63, 3.8) is 0 Å². The number of hydrogen-bond donors (Lipinski definition) is 1. The summed E-state index contributed by atoms with van der Waals surface area (Å²) >= 11 is 0. The van der Waals surface area contributed by atoms with Crippen LogP contribution in [0.1, 0.15) is 31.7 Å². The first-order valence-electron chi connectivity index (χ1n) is 8.67. The number of benzene rings is 2. The summed E-state index contributed by atoms with van der Waals surface area (Å²) in [6.07, 6.45) is 3.67. The van der Waals surface area contributed by atoms with Crippen molar-refractivity contribution in [3.8, 4) is 5.75 Å². The van der Waals surface area contributed by atoms with Crippen LogP contribution >= 0.6 is 0 Å². The van der Waals surface area contributed by atoms with Gasteiger partial charge in [-0.15, -0.1) is 0 Å². The number of aryl methyl sites for hydroxylation is 1. The van der Waals surface area contributed by atoms with E-state index in [9.17, 15) is 8.42 Å². The molecule has 0 spiro atoms. The van der Waals surface area contributed by atoms with E-state index in [2.05, 4.69) is 6.92 Å². The number of para-hydroxylation sites is 1. The number of nitrogens with zero attached hydrogens (tertiary/aromatic N) is 1. The first kappa shape index (κ1) is 17.6. The van der Waals surface area contributed by atoms with Crippen molar-refractivity contribution in [2.45, 2.75) is 37.5 Å². The van der Waals surface area contributed by atoms with Crippen molar-refractivity contribution in [1.29, 1.82) is 0 Å². The number of anilines is 2. The quantitative estimate of drug-likeness (QED) is 0.631. The Morgan fingerprint density at radius 1 is 1.20 bits per heavy atom. The SMILES string of the molecule is CCCCOc1ccc(S(=O)(=O)N2CCCc3ccccc32)cc1N. The van der Waals surface area contributed by atoms with Gasteiger partial charge in [-0.2, -0.15) is 0 Å². The number of sulfonamides is 1. The molecule has 0 aromatic heterocycles. The molecule has 0 atom stereocenters. The molecular weight excluding hydrogens is 336 g/mol. The van der Waals surface area contributed by atoms with Gasteiger partial charge in [0, 0.05) is 6.54 Å². The Morgan fingerprint density at radius 2 is 2.00 bits per heavy atom. The van der Waals surface area contributed by atoms with Crippen molar-refractivity contribution in [2.75, 3.05) is 23.2 Å². The summed E-state index contributed by atoms with van der Waals surface area (Å²) in [4.78, 5) is 0.199. The van der Waals surface area contributed by atoms with E-state index in [4.69, 9.17) is 10.5 Å². The van der Waals surface area contributed by atoms with E-state index in [1.54, 1.807) is 12.1 Å². The summed E-state index contributed by atoms with van der Waals surface area (Å²) in [5, 5.41) is 0. The third-order valence-electron chi connectivity index (χ3n) is 4.39. The topological polar surface area (TPSA) is 72.6 Å². The fourth-order valence-electron chi connectivity index (χ4n) is 3.02. The Labute approximate surface area is 149 Å². The van der Waals surface area contributed by atoms with Gasteiger partial charge in [0.05, 0.1) is 22.9 Å². The highest BCUT2D eigenvalue weighted by molar-refractivity contribution is 7.92. The number of fused-ring (bicyclic) bond motifs is 1. The molecule has 0 unspecified atom stereocenters. The van der Waals surface area contributed by atoms with Gasteiger partial charge >= 0.3 is 0 Å². The molecule has 25 heavy (non-hydrogen) atoms. The van der Waals surface area contributed by atoms with E-state index in [-0.39, 0.29) is 4.90 Å². The van der Waals surface area contributed by atoms with Crippen molar-refractivity contribution < 1.29 is 13.2 Å². The monoisotopic (exact) mass is 360 g/mol. The molecule has 0 fully saturated rings. The summed E-state index contributed by atoms with van der Waals surface area (Å²) in [7, 11) is -3.64. The molecular formula is C19H24N2O3S. The lowest BCUT2D eigenvalue weighted by molar-refractivity contribution is 0.311. The molecule has 5 nitrogen and oxygen atoms in total. The van der Waals surface area contributed by atoms with Crippen molar-refractivity contribution >= 4 is 21.4 Å².